The highest BCUT2D eigenvalue weighted by Crippen LogP contribution is 2.44. The highest BCUT2D eigenvalue weighted by Gasteiger charge is 2.46. The summed E-state index contributed by atoms with van der Waals surface area (Å²) in [5, 5.41) is 63.8. The summed E-state index contributed by atoms with van der Waals surface area (Å²) in [6.45, 7) is 23.4. The molecule has 0 amide bonds. The van der Waals surface area contributed by atoms with Crippen LogP contribution >= 0.6 is 0 Å². The van der Waals surface area contributed by atoms with Gasteiger partial charge in [-0.15, -0.1) is 0 Å². The van der Waals surface area contributed by atoms with Crippen LogP contribution in [0.2, 0.25) is 16.6 Å². The minimum atomic E-state index is -2.33. The molecule has 0 radical (unpaired) electrons. The van der Waals surface area contributed by atoms with Crippen LogP contribution in [-0.2, 0) is 33.2 Å². The highest BCUT2D eigenvalue weighted by molar-refractivity contribution is 6.77. The number of hydrogen-bond donors (Lipinski definition) is 6. The van der Waals surface area contributed by atoms with E-state index in [4.69, 9.17) is 18.6 Å². The van der Waals surface area contributed by atoms with Gasteiger partial charge in [0, 0.05) is 37.1 Å². The number of rotatable bonds is 17. The van der Waals surface area contributed by atoms with E-state index in [-0.39, 0.29) is 70.4 Å². The van der Waals surface area contributed by atoms with Gasteiger partial charge < -0.3 is 49.3 Å². The summed E-state index contributed by atoms with van der Waals surface area (Å²) in [4.78, 5) is 41.0. The van der Waals surface area contributed by atoms with E-state index < -0.39 is 55.7 Å². The Morgan fingerprint density at radius 3 is 1.15 bits per heavy atom. The lowest BCUT2D eigenvalue weighted by Gasteiger charge is -2.44. The summed E-state index contributed by atoms with van der Waals surface area (Å²) in [5.74, 6) is -5.12. The van der Waals surface area contributed by atoms with Crippen molar-refractivity contribution >= 4 is 26.2 Å². The molecule has 0 aliphatic rings. The molecule has 0 heterocycles. The van der Waals surface area contributed by atoms with E-state index in [9.17, 15) is 45.0 Å². The molecule has 0 saturated carbocycles. The first-order valence-corrected chi connectivity index (χ1v) is 23.0. The Kier molecular flexibility index (Phi) is 15.8. The number of aryl methyl sites for hydroxylation is 3. The average molecular weight is 875 g/mol. The molecule has 4 aromatic carbocycles. The molecule has 0 aliphatic carbocycles. The van der Waals surface area contributed by atoms with Crippen LogP contribution < -0.4 is 4.74 Å². The zero-order valence-electron chi connectivity index (χ0n) is 37.7. The fraction of sp³-hybridized carbons (Fsp3) is 0.438. The Hall–Kier alpha value is -5.73. The number of hydrogen-bond acceptors (Lipinski definition) is 13. The fourth-order valence-corrected chi connectivity index (χ4v) is 14.6. The Bertz CT molecular complexity index is 2250. The SMILES string of the molecule is Cc1cc(C)c(OC(=O)c2c(O)cc(O)cc2C[C@H](C)OC(=O)c2c(O)cc(O)cc2C[C@H](C)OC(=O)c2c(O)cc(O)cc2C[C@H](C)O[Si](C(C)C)(C(C)C)C(C)C)c(C)c1. The Balaban J connectivity index is 1.55. The van der Waals surface area contributed by atoms with Gasteiger partial charge in [-0.3, -0.25) is 0 Å². The van der Waals surface area contributed by atoms with Gasteiger partial charge in [-0.25, -0.2) is 14.4 Å². The maximum absolute atomic E-state index is 13.8. The van der Waals surface area contributed by atoms with Crippen LogP contribution in [0, 0.1) is 20.8 Å². The Morgan fingerprint density at radius 1 is 0.484 bits per heavy atom. The minimum absolute atomic E-state index is 0.0673. The maximum atomic E-state index is 13.8. The maximum Gasteiger partial charge on any atom is 0.347 e. The standard InChI is InChI=1S/C48H62O13Si/c1-24(2)62(25(3)4,26(5)6)61-32(12)17-35-20-38(51)22-40(53)43(35)47(56)59-30(10)15-33-18-36(49)21-39(52)42(33)46(55)58-31(11)16-34-19-37(50)23-41(54)44(34)48(57)60-45-28(8)13-27(7)14-29(45)9/h13-14,18-26,30-32,49-54H,15-17H2,1-12H3/t30-,31-,32-/m0/s1. The molecule has 0 aliphatic heterocycles. The van der Waals surface area contributed by atoms with Crippen LogP contribution in [0.1, 0.15) is 127 Å². The van der Waals surface area contributed by atoms with Crippen LogP contribution in [0.15, 0.2) is 48.5 Å². The van der Waals surface area contributed by atoms with Crippen molar-refractivity contribution in [3.8, 4) is 40.2 Å². The van der Waals surface area contributed by atoms with E-state index >= 15 is 0 Å². The first kappa shape index (κ1) is 48.9. The Morgan fingerprint density at radius 2 is 0.806 bits per heavy atom. The third-order valence-electron chi connectivity index (χ3n) is 11.2. The number of carbonyl (C=O) groups is 3. The zero-order chi connectivity index (χ0) is 46.5. The van der Waals surface area contributed by atoms with Crippen molar-refractivity contribution in [2.45, 2.75) is 137 Å². The third-order valence-corrected chi connectivity index (χ3v) is 17.4. The fourth-order valence-electron chi connectivity index (χ4n) is 8.96. The highest BCUT2D eigenvalue weighted by atomic mass is 28.4. The van der Waals surface area contributed by atoms with E-state index in [1.165, 1.54) is 32.0 Å². The van der Waals surface area contributed by atoms with Crippen LogP contribution in [0.5, 0.6) is 40.2 Å². The molecule has 6 N–H and O–H groups in total. The van der Waals surface area contributed by atoms with Gasteiger partial charge >= 0.3 is 17.9 Å². The van der Waals surface area contributed by atoms with Crippen molar-refractivity contribution in [3.05, 3.63) is 98.6 Å². The van der Waals surface area contributed by atoms with Gasteiger partial charge in [0.1, 0.15) is 69.1 Å². The number of phenolic OH excluding ortho intramolecular Hbond substituents is 6. The van der Waals surface area contributed by atoms with E-state index in [1.54, 1.807) is 13.8 Å². The monoisotopic (exact) mass is 874 g/mol. The average Bonchev–Trinajstić information content (AvgIpc) is 3.10. The second-order valence-corrected chi connectivity index (χ2v) is 22.8. The second-order valence-electron chi connectivity index (χ2n) is 17.4. The van der Waals surface area contributed by atoms with E-state index in [2.05, 4.69) is 41.5 Å². The molecular formula is C48H62O13Si. The quantitative estimate of drug-likeness (QED) is 0.0332. The van der Waals surface area contributed by atoms with E-state index in [1.807, 2.05) is 26.0 Å². The number of carbonyl (C=O) groups excluding carboxylic acids is 3. The molecular weight excluding hydrogens is 813 g/mol. The largest absolute Gasteiger partial charge is 0.508 e. The van der Waals surface area contributed by atoms with Crippen molar-refractivity contribution < 1.29 is 63.7 Å². The van der Waals surface area contributed by atoms with Crippen molar-refractivity contribution in [2.75, 3.05) is 0 Å². The summed E-state index contributed by atoms with van der Waals surface area (Å²) in [6.07, 6.45) is -2.56. The smallest absolute Gasteiger partial charge is 0.347 e. The molecule has 0 spiro atoms. The molecule has 3 atom stereocenters. The van der Waals surface area contributed by atoms with Gasteiger partial charge in [-0.05, 0) is 111 Å². The molecule has 0 saturated heterocycles. The molecule has 0 fully saturated rings. The Labute approximate surface area is 365 Å². The molecule has 0 unspecified atom stereocenters. The molecule has 14 heteroatoms. The van der Waals surface area contributed by atoms with Gasteiger partial charge in [-0.1, -0.05) is 59.2 Å². The molecule has 0 aromatic heterocycles. The van der Waals surface area contributed by atoms with Crippen LogP contribution in [0.25, 0.3) is 0 Å². The van der Waals surface area contributed by atoms with Crippen molar-refractivity contribution in [2.24, 2.45) is 0 Å². The lowest BCUT2D eigenvalue weighted by molar-refractivity contribution is 0.0328. The van der Waals surface area contributed by atoms with Crippen LogP contribution in [0.3, 0.4) is 0 Å². The number of esters is 3. The molecule has 13 nitrogen and oxygen atoms in total. The van der Waals surface area contributed by atoms with Gasteiger partial charge in [0.15, 0.2) is 0 Å². The third kappa shape index (κ3) is 11.2. The summed E-state index contributed by atoms with van der Waals surface area (Å²) in [5.41, 5.74) is 3.04. The van der Waals surface area contributed by atoms with Crippen molar-refractivity contribution in [3.63, 3.8) is 0 Å². The molecule has 336 valence electrons. The number of ether oxygens (including phenoxy) is 3. The first-order valence-electron chi connectivity index (χ1n) is 20.9. The van der Waals surface area contributed by atoms with Crippen molar-refractivity contribution in [1.29, 1.82) is 0 Å². The molecule has 4 aromatic rings. The zero-order valence-corrected chi connectivity index (χ0v) is 38.7. The van der Waals surface area contributed by atoms with Crippen LogP contribution in [-0.4, -0.2) is 75.2 Å². The van der Waals surface area contributed by atoms with Gasteiger partial charge in [0.25, 0.3) is 0 Å². The summed E-state index contributed by atoms with van der Waals surface area (Å²) in [7, 11) is -2.33. The molecule has 62 heavy (non-hydrogen) atoms. The lowest BCUT2D eigenvalue weighted by atomic mass is 9.98. The van der Waals surface area contributed by atoms with Crippen LogP contribution in [0.4, 0.5) is 0 Å². The van der Waals surface area contributed by atoms with Gasteiger partial charge in [0.05, 0.1) is 0 Å². The second kappa shape index (κ2) is 20.0. The predicted octanol–water partition coefficient (Wildman–Crippen LogP) is 9.76. The summed E-state index contributed by atoms with van der Waals surface area (Å²) in [6, 6.07) is 10.6. The topological polar surface area (TPSA) is 210 Å². The van der Waals surface area contributed by atoms with E-state index in [0.29, 0.717) is 39.1 Å². The normalized spacial score (nSPS) is 13.3. The van der Waals surface area contributed by atoms with Crippen molar-refractivity contribution in [1.82, 2.24) is 0 Å². The number of benzene rings is 4. The first-order chi connectivity index (χ1) is 28.8. The predicted molar refractivity (Wildman–Crippen MR) is 237 cm³/mol. The molecule has 0 bridgehead atoms. The molecule has 4 rings (SSSR count). The van der Waals surface area contributed by atoms with E-state index in [0.717, 1.165) is 23.8 Å². The lowest BCUT2D eigenvalue weighted by Crippen LogP contribution is -2.50. The summed E-state index contributed by atoms with van der Waals surface area (Å²) < 4.78 is 24.1. The number of phenols is 6. The van der Waals surface area contributed by atoms with Gasteiger partial charge in [0.2, 0.25) is 8.32 Å². The minimum Gasteiger partial charge on any atom is -0.508 e. The van der Waals surface area contributed by atoms with Gasteiger partial charge in [-0.2, -0.15) is 0 Å². The summed E-state index contributed by atoms with van der Waals surface area (Å²) >= 11 is 0. The number of aromatic hydroxyl groups is 6.